The Morgan fingerprint density at radius 1 is 1.38 bits per heavy atom. The zero-order chi connectivity index (χ0) is 15.4. The van der Waals surface area contributed by atoms with Crippen LogP contribution < -0.4 is 11.1 Å². The Morgan fingerprint density at radius 3 is 2.76 bits per heavy atom. The third-order valence-electron chi connectivity index (χ3n) is 2.86. The maximum Gasteiger partial charge on any atom is 0.292 e. The monoisotopic (exact) mass is 286 g/mol. The topological polar surface area (TPSA) is 111 Å². The summed E-state index contributed by atoms with van der Waals surface area (Å²) in [6.07, 6.45) is 0. The summed E-state index contributed by atoms with van der Waals surface area (Å²) in [7, 11) is 0. The minimum atomic E-state index is -0.590. The molecule has 0 aliphatic rings. The first-order chi connectivity index (χ1) is 9.97. The van der Waals surface area contributed by atoms with E-state index >= 15 is 0 Å². The van der Waals surface area contributed by atoms with Crippen molar-refractivity contribution in [2.24, 2.45) is 0 Å². The van der Waals surface area contributed by atoms with Gasteiger partial charge < -0.3 is 11.1 Å². The van der Waals surface area contributed by atoms with E-state index in [4.69, 9.17) is 5.73 Å². The van der Waals surface area contributed by atoms with Gasteiger partial charge in [-0.2, -0.15) is 0 Å². The fourth-order valence-corrected chi connectivity index (χ4v) is 1.83. The van der Waals surface area contributed by atoms with E-state index in [9.17, 15) is 14.9 Å². The van der Waals surface area contributed by atoms with Gasteiger partial charge in [0.15, 0.2) is 0 Å². The summed E-state index contributed by atoms with van der Waals surface area (Å²) in [6, 6.07) is 9.40. The highest BCUT2D eigenvalue weighted by Crippen LogP contribution is 2.21. The van der Waals surface area contributed by atoms with Crippen LogP contribution in [0.2, 0.25) is 0 Å². The van der Waals surface area contributed by atoms with Gasteiger partial charge in [0, 0.05) is 17.3 Å². The molecular weight excluding hydrogens is 272 g/mol. The molecule has 0 aliphatic carbocycles. The van der Waals surface area contributed by atoms with Gasteiger partial charge in [0.05, 0.1) is 17.2 Å². The molecule has 1 aromatic carbocycles. The minimum absolute atomic E-state index is 0.0404. The molecule has 3 N–H and O–H groups in total. The van der Waals surface area contributed by atoms with Gasteiger partial charge in [-0.05, 0) is 31.2 Å². The zero-order valence-corrected chi connectivity index (χ0v) is 11.4. The predicted molar refractivity (Wildman–Crippen MR) is 77.7 cm³/mol. The number of nitro benzene ring substituents is 1. The van der Waals surface area contributed by atoms with Gasteiger partial charge >= 0.3 is 0 Å². The number of anilines is 1. The highest BCUT2D eigenvalue weighted by atomic mass is 16.6. The third kappa shape index (κ3) is 3.53. The molecule has 108 valence electrons. The molecule has 7 nitrogen and oxygen atoms in total. The van der Waals surface area contributed by atoms with E-state index in [-0.39, 0.29) is 29.4 Å². The van der Waals surface area contributed by atoms with Crippen LogP contribution in [-0.2, 0) is 6.54 Å². The average Bonchev–Trinajstić information content (AvgIpc) is 2.44. The Bertz CT molecular complexity index is 700. The summed E-state index contributed by atoms with van der Waals surface area (Å²) in [5, 5.41) is 13.4. The lowest BCUT2D eigenvalue weighted by molar-refractivity contribution is -0.383. The lowest BCUT2D eigenvalue weighted by Gasteiger charge is -2.06. The highest BCUT2D eigenvalue weighted by molar-refractivity contribution is 5.95. The molecule has 0 unspecified atom stereocenters. The van der Waals surface area contributed by atoms with Gasteiger partial charge in [0.1, 0.15) is 5.69 Å². The van der Waals surface area contributed by atoms with Crippen molar-refractivity contribution in [3.63, 3.8) is 0 Å². The molecule has 7 heteroatoms. The maximum atomic E-state index is 12.0. The molecule has 0 spiro atoms. The number of hydrogen-bond acceptors (Lipinski definition) is 5. The number of carbonyl (C=O) groups is 1. The van der Waals surface area contributed by atoms with Crippen molar-refractivity contribution >= 4 is 17.3 Å². The molecule has 0 aliphatic heterocycles. The molecule has 0 saturated heterocycles. The first kappa shape index (κ1) is 14.4. The molecular formula is C14H14N4O3. The van der Waals surface area contributed by atoms with E-state index in [0.29, 0.717) is 0 Å². The summed E-state index contributed by atoms with van der Waals surface area (Å²) < 4.78 is 0. The van der Waals surface area contributed by atoms with Crippen molar-refractivity contribution in [2.75, 3.05) is 5.73 Å². The molecule has 2 rings (SSSR count). The number of pyridine rings is 1. The molecule has 1 aromatic heterocycles. The fourth-order valence-electron chi connectivity index (χ4n) is 1.83. The molecule has 0 fully saturated rings. The molecule has 1 amide bonds. The number of amides is 1. The highest BCUT2D eigenvalue weighted by Gasteiger charge is 2.14. The summed E-state index contributed by atoms with van der Waals surface area (Å²) in [5.74, 6) is -0.361. The molecule has 0 saturated carbocycles. The number of aryl methyl sites for hydroxylation is 1. The molecule has 21 heavy (non-hydrogen) atoms. The summed E-state index contributed by atoms with van der Waals surface area (Å²) >= 11 is 0. The van der Waals surface area contributed by atoms with Crippen LogP contribution in [0.15, 0.2) is 36.4 Å². The Hall–Kier alpha value is -2.96. The molecule has 1 heterocycles. The van der Waals surface area contributed by atoms with Crippen LogP contribution in [0.25, 0.3) is 0 Å². The van der Waals surface area contributed by atoms with Crippen molar-refractivity contribution in [1.82, 2.24) is 10.3 Å². The standard InChI is InChI=1S/C14H14N4O3/c1-9-3-2-4-11(17-9)8-16-14(19)10-5-6-13(18(20)21)12(15)7-10/h2-7H,8,15H2,1H3,(H,16,19). The number of nitrogens with zero attached hydrogens (tertiary/aromatic N) is 2. The van der Waals surface area contributed by atoms with E-state index in [2.05, 4.69) is 10.3 Å². The maximum absolute atomic E-state index is 12.0. The first-order valence-electron chi connectivity index (χ1n) is 6.22. The smallest absolute Gasteiger partial charge is 0.292 e. The van der Waals surface area contributed by atoms with Gasteiger partial charge in [0.2, 0.25) is 0 Å². The fraction of sp³-hybridized carbons (Fsp3) is 0.143. The average molecular weight is 286 g/mol. The van der Waals surface area contributed by atoms with E-state index in [1.165, 1.54) is 18.2 Å². The van der Waals surface area contributed by atoms with Crippen molar-refractivity contribution in [1.29, 1.82) is 0 Å². The van der Waals surface area contributed by atoms with Gasteiger partial charge in [-0.15, -0.1) is 0 Å². The van der Waals surface area contributed by atoms with Gasteiger partial charge in [-0.25, -0.2) is 0 Å². The van der Waals surface area contributed by atoms with Crippen LogP contribution >= 0.6 is 0 Å². The van der Waals surface area contributed by atoms with Gasteiger partial charge in [0.25, 0.3) is 11.6 Å². The summed E-state index contributed by atoms with van der Waals surface area (Å²) in [5.41, 5.74) is 7.16. The Labute approximate surface area is 121 Å². The first-order valence-corrected chi connectivity index (χ1v) is 6.22. The summed E-state index contributed by atoms with van der Waals surface area (Å²) in [4.78, 5) is 26.3. The van der Waals surface area contributed by atoms with Crippen LogP contribution in [-0.4, -0.2) is 15.8 Å². The second kappa shape index (κ2) is 6.00. The van der Waals surface area contributed by atoms with Crippen LogP contribution in [0.1, 0.15) is 21.7 Å². The number of rotatable bonds is 4. The Kier molecular flexibility index (Phi) is 4.13. The number of benzene rings is 1. The van der Waals surface area contributed by atoms with E-state index in [1.54, 1.807) is 6.07 Å². The molecule has 0 radical (unpaired) electrons. The molecule has 0 bridgehead atoms. The number of aromatic nitrogens is 1. The number of carbonyl (C=O) groups excluding carboxylic acids is 1. The number of nitrogen functional groups attached to an aromatic ring is 1. The van der Waals surface area contributed by atoms with Crippen LogP contribution in [0.3, 0.4) is 0 Å². The quantitative estimate of drug-likeness (QED) is 0.506. The predicted octanol–water partition coefficient (Wildman–Crippen LogP) is 1.81. The third-order valence-corrected chi connectivity index (χ3v) is 2.86. The van der Waals surface area contributed by atoms with Crippen molar-refractivity contribution in [3.05, 3.63) is 63.5 Å². The largest absolute Gasteiger partial charge is 0.393 e. The minimum Gasteiger partial charge on any atom is -0.393 e. The number of nitrogens with two attached hydrogens (primary N) is 1. The van der Waals surface area contributed by atoms with E-state index < -0.39 is 4.92 Å². The second-order valence-corrected chi connectivity index (χ2v) is 4.48. The number of hydrogen-bond donors (Lipinski definition) is 2. The Balaban J connectivity index is 2.07. The van der Waals surface area contributed by atoms with Crippen molar-refractivity contribution < 1.29 is 9.72 Å². The molecule has 2 aromatic rings. The zero-order valence-electron chi connectivity index (χ0n) is 11.4. The lowest BCUT2D eigenvalue weighted by Crippen LogP contribution is -2.23. The van der Waals surface area contributed by atoms with Gasteiger partial charge in [-0.3, -0.25) is 19.9 Å². The molecule has 0 atom stereocenters. The SMILES string of the molecule is Cc1cccc(CNC(=O)c2ccc([N+](=O)[O-])c(N)c2)n1. The van der Waals surface area contributed by atoms with Crippen LogP contribution in [0, 0.1) is 17.0 Å². The van der Waals surface area contributed by atoms with Crippen LogP contribution in [0.4, 0.5) is 11.4 Å². The van der Waals surface area contributed by atoms with E-state index in [1.807, 2.05) is 19.1 Å². The van der Waals surface area contributed by atoms with Crippen molar-refractivity contribution in [3.8, 4) is 0 Å². The normalized spacial score (nSPS) is 10.1. The lowest BCUT2D eigenvalue weighted by atomic mass is 10.1. The van der Waals surface area contributed by atoms with Crippen LogP contribution in [0.5, 0.6) is 0 Å². The second-order valence-electron chi connectivity index (χ2n) is 4.48. The Morgan fingerprint density at radius 2 is 2.14 bits per heavy atom. The van der Waals surface area contributed by atoms with Gasteiger partial charge in [-0.1, -0.05) is 6.07 Å². The van der Waals surface area contributed by atoms with E-state index in [0.717, 1.165) is 11.4 Å². The van der Waals surface area contributed by atoms with Crippen molar-refractivity contribution in [2.45, 2.75) is 13.5 Å². The number of nitro groups is 1. The summed E-state index contributed by atoms with van der Waals surface area (Å²) in [6.45, 7) is 2.14. The number of nitrogens with one attached hydrogen (secondary N) is 1.